The summed E-state index contributed by atoms with van der Waals surface area (Å²) >= 11 is 0. The predicted molar refractivity (Wildman–Crippen MR) is 53.8 cm³/mol. The van der Waals surface area contributed by atoms with Crippen LogP contribution in [0.1, 0.15) is 46.0 Å². The normalized spacial score (nSPS) is 31.8. The second-order valence-electron chi connectivity index (χ2n) is 4.08. The number of carbonyl (C=O) groups is 1. The van der Waals surface area contributed by atoms with Crippen LogP contribution in [0.2, 0.25) is 0 Å². The first-order valence-corrected chi connectivity index (χ1v) is 5.50. The maximum atomic E-state index is 11.3. The van der Waals surface area contributed by atoms with Gasteiger partial charge in [0.25, 0.3) is 0 Å². The molecule has 0 bridgehead atoms. The maximum Gasteiger partial charge on any atom is 0.308 e. The Morgan fingerprint density at radius 2 is 2.29 bits per heavy atom. The van der Waals surface area contributed by atoms with Gasteiger partial charge >= 0.3 is 5.97 Å². The number of esters is 1. The Morgan fingerprint density at radius 1 is 1.57 bits per heavy atom. The van der Waals surface area contributed by atoms with Crippen molar-refractivity contribution in [1.29, 1.82) is 0 Å². The first-order chi connectivity index (χ1) is 6.62. The van der Waals surface area contributed by atoms with Crippen LogP contribution in [0.5, 0.6) is 0 Å². The van der Waals surface area contributed by atoms with Gasteiger partial charge in [-0.25, -0.2) is 0 Å². The molecule has 0 aromatic heterocycles. The maximum absolute atomic E-state index is 11.3. The zero-order chi connectivity index (χ0) is 10.6. The molecule has 2 atom stereocenters. The van der Waals surface area contributed by atoms with Crippen molar-refractivity contribution in [2.24, 2.45) is 5.92 Å². The van der Waals surface area contributed by atoms with E-state index in [2.05, 4.69) is 6.92 Å². The molecular formula is C11H20O3. The average Bonchev–Trinajstić information content (AvgIpc) is 2.46. The van der Waals surface area contributed by atoms with E-state index in [9.17, 15) is 9.90 Å². The molecule has 0 heterocycles. The van der Waals surface area contributed by atoms with Gasteiger partial charge in [-0.15, -0.1) is 0 Å². The molecule has 1 aliphatic rings. The lowest BCUT2D eigenvalue weighted by atomic mass is 9.86. The zero-order valence-electron chi connectivity index (χ0n) is 9.08. The molecule has 0 radical (unpaired) electrons. The van der Waals surface area contributed by atoms with Gasteiger partial charge in [0.1, 0.15) is 0 Å². The highest BCUT2D eigenvalue weighted by atomic mass is 16.5. The monoisotopic (exact) mass is 200 g/mol. The highest BCUT2D eigenvalue weighted by Gasteiger charge is 2.41. The third-order valence-corrected chi connectivity index (χ3v) is 3.17. The van der Waals surface area contributed by atoms with Crippen molar-refractivity contribution in [2.75, 3.05) is 6.61 Å². The minimum absolute atomic E-state index is 0.166. The third kappa shape index (κ3) is 2.47. The third-order valence-electron chi connectivity index (χ3n) is 3.17. The van der Waals surface area contributed by atoms with Gasteiger partial charge in [0.05, 0.1) is 18.6 Å². The molecule has 0 spiro atoms. The van der Waals surface area contributed by atoms with E-state index in [1.54, 1.807) is 6.92 Å². The molecule has 0 aliphatic heterocycles. The van der Waals surface area contributed by atoms with Gasteiger partial charge in [-0.2, -0.15) is 0 Å². The van der Waals surface area contributed by atoms with Crippen LogP contribution in [-0.4, -0.2) is 23.3 Å². The molecule has 1 aliphatic carbocycles. The predicted octanol–water partition coefficient (Wildman–Crippen LogP) is 1.88. The van der Waals surface area contributed by atoms with Crippen LogP contribution >= 0.6 is 0 Å². The number of hydrogen-bond donors (Lipinski definition) is 1. The summed E-state index contributed by atoms with van der Waals surface area (Å²) < 4.78 is 4.86. The Kier molecular flexibility index (Phi) is 3.93. The number of carbonyl (C=O) groups excluding carboxylic acids is 1. The first-order valence-electron chi connectivity index (χ1n) is 5.50. The Balaban J connectivity index is 2.51. The number of rotatable bonds is 4. The minimum atomic E-state index is -0.791. The van der Waals surface area contributed by atoms with E-state index >= 15 is 0 Å². The highest BCUT2D eigenvalue weighted by molar-refractivity contribution is 5.70. The Hall–Kier alpha value is -0.570. The lowest BCUT2D eigenvalue weighted by Gasteiger charge is -2.28. The summed E-state index contributed by atoms with van der Waals surface area (Å²) in [7, 11) is 0. The van der Waals surface area contributed by atoms with Crippen molar-refractivity contribution in [3.05, 3.63) is 0 Å². The summed E-state index contributed by atoms with van der Waals surface area (Å²) in [5.41, 5.74) is -0.791. The first kappa shape index (κ1) is 11.5. The fraction of sp³-hybridized carbons (Fsp3) is 0.909. The molecule has 0 aromatic rings. The lowest BCUT2D eigenvalue weighted by Crippen LogP contribution is -2.36. The van der Waals surface area contributed by atoms with E-state index in [4.69, 9.17) is 4.74 Å². The molecule has 1 rings (SSSR count). The van der Waals surface area contributed by atoms with Crippen LogP contribution in [-0.2, 0) is 9.53 Å². The van der Waals surface area contributed by atoms with Crippen molar-refractivity contribution in [3.8, 4) is 0 Å². The van der Waals surface area contributed by atoms with E-state index in [0.717, 1.165) is 25.7 Å². The number of ether oxygens (including phenoxy) is 1. The van der Waals surface area contributed by atoms with Gasteiger partial charge < -0.3 is 9.84 Å². The van der Waals surface area contributed by atoms with Gasteiger partial charge in [-0.1, -0.05) is 19.8 Å². The van der Waals surface area contributed by atoms with Crippen LogP contribution in [0.15, 0.2) is 0 Å². The van der Waals surface area contributed by atoms with Gasteiger partial charge in [0, 0.05) is 0 Å². The number of hydrogen-bond acceptors (Lipinski definition) is 3. The zero-order valence-corrected chi connectivity index (χ0v) is 9.08. The molecule has 1 saturated carbocycles. The van der Waals surface area contributed by atoms with Gasteiger partial charge in [0.2, 0.25) is 0 Å². The fourth-order valence-electron chi connectivity index (χ4n) is 2.41. The topological polar surface area (TPSA) is 46.5 Å². The molecule has 3 heteroatoms. The van der Waals surface area contributed by atoms with Crippen molar-refractivity contribution >= 4 is 5.97 Å². The molecule has 1 fully saturated rings. The second kappa shape index (κ2) is 4.78. The van der Waals surface area contributed by atoms with Gasteiger partial charge in [0.15, 0.2) is 0 Å². The Bertz CT molecular complexity index is 203. The highest BCUT2D eigenvalue weighted by Crippen LogP contribution is 2.40. The quantitative estimate of drug-likeness (QED) is 0.705. The van der Waals surface area contributed by atoms with Gasteiger partial charge in [-0.3, -0.25) is 4.79 Å². The minimum Gasteiger partial charge on any atom is -0.466 e. The largest absolute Gasteiger partial charge is 0.466 e. The smallest absolute Gasteiger partial charge is 0.308 e. The molecule has 82 valence electrons. The van der Waals surface area contributed by atoms with E-state index in [1.807, 2.05) is 0 Å². The van der Waals surface area contributed by atoms with Crippen LogP contribution in [0.25, 0.3) is 0 Å². The molecular weight excluding hydrogens is 180 g/mol. The van der Waals surface area contributed by atoms with Crippen molar-refractivity contribution in [3.63, 3.8) is 0 Å². The average molecular weight is 200 g/mol. The summed E-state index contributed by atoms with van der Waals surface area (Å²) in [5.74, 6) is 0.00209. The molecule has 14 heavy (non-hydrogen) atoms. The van der Waals surface area contributed by atoms with Crippen molar-refractivity contribution in [1.82, 2.24) is 0 Å². The Morgan fingerprint density at radius 3 is 2.86 bits per heavy atom. The van der Waals surface area contributed by atoms with Crippen LogP contribution in [0.4, 0.5) is 0 Å². The van der Waals surface area contributed by atoms with Crippen LogP contribution in [0, 0.1) is 5.92 Å². The SMILES string of the molecule is CCOC(=O)CC1(O)CCCC1CC. The second-order valence-corrected chi connectivity index (χ2v) is 4.08. The molecule has 0 saturated heterocycles. The van der Waals surface area contributed by atoms with Crippen molar-refractivity contribution < 1.29 is 14.6 Å². The molecule has 0 amide bonds. The van der Waals surface area contributed by atoms with Gasteiger partial charge in [-0.05, 0) is 25.7 Å². The summed E-state index contributed by atoms with van der Waals surface area (Å²) in [5, 5.41) is 10.2. The summed E-state index contributed by atoms with van der Waals surface area (Å²) in [6.45, 7) is 4.24. The van der Waals surface area contributed by atoms with Crippen LogP contribution < -0.4 is 0 Å². The van der Waals surface area contributed by atoms with Crippen molar-refractivity contribution in [2.45, 2.75) is 51.6 Å². The summed E-state index contributed by atoms with van der Waals surface area (Å²) in [6.07, 6.45) is 3.90. The molecule has 3 nitrogen and oxygen atoms in total. The van der Waals surface area contributed by atoms with Crippen LogP contribution in [0.3, 0.4) is 0 Å². The molecule has 2 unspecified atom stereocenters. The standard InChI is InChI=1S/C11H20O3/c1-3-9-6-5-7-11(9,13)8-10(12)14-4-2/h9,13H,3-8H2,1-2H3. The van der Waals surface area contributed by atoms with E-state index < -0.39 is 5.60 Å². The Labute approximate surface area is 85.5 Å². The summed E-state index contributed by atoms with van der Waals surface area (Å²) in [6, 6.07) is 0. The molecule has 0 aromatic carbocycles. The fourth-order valence-corrected chi connectivity index (χ4v) is 2.41. The number of aliphatic hydroxyl groups is 1. The lowest BCUT2D eigenvalue weighted by molar-refractivity contribution is -0.150. The van der Waals surface area contributed by atoms with E-state index in [-0.39, 0.29) is 18.3 Å². The molecule has 1 N–H and O–H groups in total. The van der Waals surface area contributed by atoms with E-state index in [0.29, 0.717) is 6.61 Å². The summed E-state index contributed by atoms with van der Waals surface area (Å²) in [4.78, 5) is 11.3. The van der Waals surface area contributed by atoms with E-state index in [1.165, 1.54) is 0 Å².